The summed E-state index contributed by atoms with van der Waals surface area (Å²) in [5, 5.41) is 3.44. The molecule has 1 N–H and O–H groups in total. The highest BCUT2D eigenvalue weighted by Gasteiger charge is 2.26. The van der Waals surface area contributed by atoms with Gasteiger partial charge in [0.1, 0.15) is 11.9 Å². The predicted octanol–water partition coefficient (Wildman–Crippen LogP) is 5.15. The van der Waals surface area contributed by atoms with Crippen LogP contribution in [0.2, 0.25) is 5.02 Å². The molecule has 0 saturated carbocycles. The molecule has 0 fully saturated rings. The fourth-order valence-corrected chi connectivity index (χ4v) is 3.58. The minimum Gasteiger partial charge on any atom is -0.350 e. The topological polar surface area (TPSA) is 49.4 Å². The Hall–Kier alpha value is -3.18. The summed E-state index contributed by atoms with van der Waals surface area (Å²) < 4.78 is 13.3. The minimum atomic E-state index is -0.703. The Bertz CT molecular complexity index is 1040. The maximum atomic E-state index is 13.3. The van der Waals surface area contributed by atoms with Crippen LogP contribution in [0.25, 0.3) is 0 Å². The van der Waals surface area contributed by atoms with Crippen molar-refractivity contribution in [3.05, 3.63) is 106 Å². The van der Waals surface area contributed by atoms with Crippen molar-refractivity contribution >= 4 is 23.4 Å². The van der Waals surface area contributed by atoms with Gasteiger partial charge in [-0.15, -0.1) is 0 Å². The van der Waals surface area contributed by atoms with E-state index in [0.717, 1.165) is 16.7 Å². The third-order valence-corrected chi connectivity index (χ3v) is 5.68. The van der Waals surface area contributed by atoms with Crippen LogP contribution in [0.1, 0.15) is 30.0 Å². The summed E-state index contributed by atoms with van der Waals surface area (Å²) in [7, 11) is 0. The molecule has 0 heterocycles. The molecular formula is C26H26ClFN2O2. The number of hydrogen-bond donors (Lipinski definition) is 1. The monoisotopic (exact) mass is 452 g/mol. The minimum absolute atomic E-state index is 0.140. The highest BCUT2D eigenvalue weighted by Crippen LogP contribution is 2.16. The van der Waals surface area contributed by atoms with Gasteiger partial charge in [-0.1, -0.05) is 72.3 Å². The molecule has 0 aliphatic heterocycles. The lowest BCUT2D eigenvalue weighted by atomic mass is 10.1. The molecule has 0 saturated heterocycles. The van der Waals surface area contributed by atoms with Crippen molar-refractivity contribution < 1.29 is 14.0 Å². The van der Waals surface area contributed by atoms with Crippen molar-refractivity contribution in [3.8, 4) is 0 Å². The maximum absolute atomic E-state index is 13.3. The molecule has 4 nitrogen and oxygen atoms in total. The fraction of sp³-hybridized carbons (Fsp3) is 0.231. The van der Waals surface area contributed by atoms with E-state index >= 15 is 0 Å². The summed E-state index contributed by atoms with van der Waals surface area (Å²) in [4.78, 5) is 27.5. The summed E-state index contributed by atoms with van der Waals surface area (Å²) in [5.74, 6) is -0.764. The van der Waals surface area contributed by atoms with Gasteiger partial charge in [0.15, 0.2) is 0 Å². The van der Waals surface area contributed by atoms with Gasteiger partial charge in [-0.2, -0.15) is 0 Å². The lowest BCUT2D eigenvalue weighted by molar-refractivity contribution is -0.140. The molecule has 166 valence electrons. The van der Waals surface area contributed by atoms with E-state index in [9.17, 15) is 14.0 Å². The maximum Gasteiger partial charge on any atom is 0.242 e. The van der Waals surface area contributed by atoms with E-state index in [1.54, 1.807) is 25.1 Å². The normalized spacial score (nSPS) is 11.6. The quantitative estimate of drug-likeness (QED) is 0.488. The van der Waals surface area contributed by atoms with Crippen LogP contribution in [0.4, 0.5) is 4.39 Å². The molecule has 0 radical (unpaired) electrons. The van der Waals surface area contributed by atoms with Crippen LogP contribution in [0.15, 0.2) is 78.9 Å². The average Bonchev–Trinajstić information content (AvgIpc) is 2.81. The molecule has 2 amide bonds. The molecule has 1 atom stereocenters. The zero-order valence-corrected chi connectivity index (χ0v) is 18.7. The van der Waals surface area contributed by atoms with Gasteiger partial charge in [-0.25, -0.2) is 4.39 Å². The fourth-order valence-electron chi connectivity index (χ4n) is 3.38. The van der Waals surface area contributed by atoms with Crippen LogP contribution in [-0.2, 0) is 29.1 Å². The number of benzene rings is 3. The molecule has 6 heteroatoms. The van der Waals surface area contributed by atoms with E-state index in [0.29, 0.717) is 11.4 Å². The van der Waals surface area contributed by atoms with Crippen LogP contribution in [-0.4, -0.2) is 22.8 Å². The Morgan fingerprint density at radius 3 is 2.28 bits per heavy atom. The molecule has 3 rings (SSSR count). The second-order valence-electron chi connectivity index (χ2n) is 7.62. The first kappa shape index (κ1) is 23.5. The highest BCUT2D eigenvalue weighted by atomic mass is 35.5. The SMILES string of the molecule is C[C@@H](C(=O)NCc1ccccc1Cl)N(Cc1ccc(F)cc1)C(=O)CCc1ccccc1. The van der Waals surface area contributed by atoms with E-state index in [1.807, 2.05) is 48.5 Å². The van der Waals surface area contributed by atoms with E-state index in [4.69, 9.17) is 11.6 Å². The van der Waals surface area contributed by atoms with Crippen molar-refractivity contribution in [1.29, 1.82) is 0 Å². The Morgan fingerprint density at radius 2 is 1.59 bits per heavy atom. The Kier molecular flexibility index (Phi) is 8.40. The van der Waals surface area contributed by atoms with E-state index in [1.165, 1.54) is 17.0 Å². The van der Waals surface area contributed by atoms with Gasteiger partial charge in [-0.05, 0) is 48.2 Å². The molecule has 3 aromatic rings. The molecule has 0 bridgehead atoms. The lowest BCUT2D eigenvalue weighted by Gasteiger charge is -2.29. The van der Waals surface area contributed by atoms with Crippen LogP contribution in [0.3, 0.4) is 0 Å². The Balaban J connectivity index is 1.70. The second-order valence-corrected chi connectivity index (χ2v) is 8.03. The number of aryl methyl sites for hydroxylation is 1. The van der Waals surface area contributed by atoms with Gasteiger partial charge < -0.3 is 10.2 Å². The van der Waals surface area contributed by atoms with Gasteiger partial charge in [0, 0.05) is 24.5 Å². The summed E-state index contributed by atoms with van der Waals surface area (Å²) >= 11 is 6.17. The van der Waals surface area contributed by atoms with Crippen LogP contribution in [0, 0.1) is 5.82 Å². The number of rotatable bonds is 9. The average molecular weight is 453 g/mol. The summed E-state index contributed by atoms with van der Waals surface area (Å²) in [6.07, 6.45) is 0.848. The Labute approximate surface area is 193 Å². The zero-order chi connectivity index (χ0) is 22.9. The number of nitrogens with zero attached hydrogens (tertiary/aromatic N) is 1. The first-order valence-corrected chi connectivity index (χ1v) is 10.9. The Morgan fingerprint density at radius 1 is 0.938 bits per heavy atom. The lowest BCUT2D eigenvalue weighted by Crippen LogP contribution is -2.47. The number of halogens is 2. The summed E-state index contributed by atoms with van der Waals surface area (Å²) in [5.41, 5.74) is 2.61. The van der Waals surface area contributed by atoms with Crippen molar-refractivity contribution in [1.82, 2.24) is 10.2 Å². The molecule has 0 aliphatic carbocycles. The van der Waals surface area contributed by atoms with Crippen LogP contribution < -0.4 is 5.32 Å². The molecule has 32 heavy (non-hydrogen) atoms. The summed E-state index contributed by atoms with van der Waals surface area (Å²) in [6.45, 7) is 2.19. The van der Waals surface area contributed by atoms with E-state index in [2.05, 4.69) is 5.32 Å². The van der Waals surface area contributed by atoms with Crippen molar-refractivity contribution in [2.24, 2.45) is 0 Å². The van der Waals surface area contributed by atoms with Gasteiger partial charge in [0.25, 0.3) is 0 Å². The highest BCUT2D eigenvalue weighted by molar-refractivity contribution is 6.31. The molecule has 0 aromatic heterocycles. The second kappa shape index (κ2) is 11.4. The van der Waals surface area contributed by atoms with Gasteiger partial charge in [-0.3, -0.25) is 9.59 Å². The van der Waals surface area contributed by atoms with Crippen molar-refractivity contribution in [2.45, 2.75) is 38.9 Å². The van der Waals surface area contributed by atoms with Crippen LogP contribution in [0.5, 0.6) is 0 Å². The number of nitrogens with one attached hydrogen (secondary N) is 1. The largest absolute Gasteiger partial charge is 0.350 e. The standard InChI is InChI=1S/C26H26ClFN2O2/c1-19(26(32)29-17-22-9-5-6-10-24(22)27)30(18-21-11-14-23(28)15-12-21)25(31)16-13-20-7-3-2-4-8-20/h2-12,14-15,19H,13,16-18H2,1H3,(H,29,32)/t19-/m0/s1. The van der Waals surface area contributed by atoms with Crippen molar-refractivity contribution in [2.75, 3.05) is 0 Å². The van der Waals surface area contributed by atoms with E-state index < -0.39 is 6.04 Å². The molecule has 0 spiro atoms. The predicted molar refractivity (Wildman–Crippen MR) is 124 cm³/mol. The third kappa shape index (κ3) is 6.66. The molecular weight excluding hydrogens is 427 g/mol. The molecule has 0 aliphatic rings. The van der Waals surface area contributed by atoms with Gasteiger partial charge >= 0.3 is 0 Å². The van der Waals surface area contributed by atoms with Crippen molar-refractivity contribution in [3.63, 3.8) is 0 Å². The number of carbonyl (C=O) groups is 2. The smallest absolute Gasteiger partial charge is 0.242 e. The first-order chi connectivity index (χ1) is 15.4. The number of amides is 2. The van der Waals surface area contributed by atoms with Gasteiger partial charge in [0.05, 0.1) is 0 Å². The molecule has 0 unspecified atom stereocenters. The third-order valence-electron chi connectivity index (χ3n) is 5.31. The zero-order valence-electron chi connectivity index (χ0n) is 17.9. The first-order valence-electron chi connectivity index (χ1n) is 10.5. The number of hydrogen-bond acceptors (Lipinski definition) is 2. The number of carbonyl (C=O) groups excluding carboxylic acids is 2. The van der Waals surface area contributed by atoms with Gasteiger partial charge in [0.2, 0.25) is 11.8 Å². The molecule has 3 aromatic carbocycles. The van der Waals surface area contributed by atoms with E-state index in [-0.39, 0.29) is 37.1 Å². The summed E-state index contributed by atoms with van der Waals surface area (Å²) in [6, 6.07) is 22.3. The van der Waals surface area contributed by atoms with Crippen LogP contribution >= 0.6 is 11.6 Å².